The molecule has 0 aliphatic heterocycles. The van der Waals surface area contributed by atoms with Gasteiger partial charge >= 0.3 is 0 Å². The quantitative estimate of drug-likeness (QED) is 0.902. The van der Waals surface area contributed by atoms with E-state index < -0.39 is 5.82 Å². The van der Waals surface area contributed by atoms with Crippen LogP contribution in [0.1, 0.15) is 25.7 Å². The van der Waals surface area contributed by atoms with Crippen molar-refractivity contribution in [2.75, 3.05) is 12.4 Å². The molecule has 2 aromatic rings. The van der Waals surface area contributed by atoms with E-state index in [0.29, 0.717) is 12.2 Å². The molecule has 0 radical (unpaired) electrons. The zero-order valence-corrected chi connectivity index (χ0v) is 11.2. The summed E-state index contributed by atoms with van der Waals surface area (Å²) in [6.07, 6.45) is 1.51. The molecule has 0 saturated carbocycles. The topological polar surface area (TPSA) is 52.0 Å². The number of halogens is 1. The first-order valence-electron chi connectivity index (χ1n) is 6.08. The molecule has 0 bridgehead atoms. The molecule has 19 heavy (non-hydrogen) atoms. The Morgan fingerprint density at radius 2 is 2.21 bits per heavy atom. The molecule has 0 amide bonds. The second-order valence-electron chi connectivity index (χ2n) is 4.39. The molecule has 0 unspecified atom stereocenters. The average molecular weight is 264 g/mol. The SMILES string of the molecule is COc1c(F)cccc1NCc1ncnn1C(C)C. The van der Waals surface area contributed by atoms with E-state index in [1.54, 1.807) is 12.1 Å². The second kappa shape index (κ2) is 5.69. The number of hydrogen-bond acceptors (Lipinski definition) is 4. The van der Waals surface area contributed by atoms with Gasteiger partial charge in [-0.15, -0.1) is 0 Å². The minimum Gasteiger partial charge on any atom is -0.492 e. The zero-order valence-electron chi connectivity index (χ0n) is 11.2. The van der Waals surface area contributed by atoms with Gasteiger partial charge in [-0.2, -0.15) is 5.10 Å². The molecular formula is C13H17FN4O. The largest absolute Gasteiger partial charge is 0.492 e. The predicted octanol–water partition coefficient (Wildman–Crippen LogP) is 2.62. The van der Waals surface area contributed by atoms with E-state index in [9.17, 15) is 4.39 Å². The maximum absolute atomic E-state index is 13.5. The van der Waals surface area contributed by atoms with Crippen LogP contribution in [0.4, 0.5) is 10.1 Å². The molecule has 1 aromatic carbocycles. The third-order valence-electron chi connectivity index (χ3n) is 2.74. The normalized spacial score (nSPS) is 10.8. The highest BCUT2D eigenvalue weighted by Gasteiger charge is 2.11. The van der Waals surface area contributed by atoms with E-state index in [4.69, 9.17) is 4.74 Å². The van der Waals surface area contributed by atoms with Gasteiger partial charge in [-0.1, -0.05) is 6.07 Å². The molecule has 1 aromatic heterocycles. The van der Waals surface area contributed by atoms with Crippen LogP contribution in [0.25, 0.3) is 0 Å². The van der Waals surface area contributed by atoms with E-state index in [-0.39, 0.29) is 11.8 Å². The summed E-state index contributed by atoms with van der Waals surface area (Å²) in [6.45, 7) is 4.51. The fourth-order valence-electron chi connectivity index (χ4n) is 1.86. The van der Waals surface area contributed by atoms with Gasteiger partial charge in [0.15, 0.2) is 11.6 Å². The molecule has 5 nitrogen and oxygen atoms in total. The summed E-state index contributed by atoms with van der Waals surface area (Å²) in [5.41, 5.74) is 0.598. The van der Waals surface area contributed by atoms with Crippen molar-refractivity contribution in [1.82, 2.24) is 14.8 Å². The Morgan fingerprint density at radius 1 is 1.42 bits per heavy atom. The lowest BCUT2D eigenvalue weighted by Gasteiger charge is -2.13. The molecule has 102 valence electrons. The average Bonchev–Trinajstić information content (AvgIpc) is 2.84. The van der Waals surface area contributed by atoms with Gasteiger partial charge in [0, 0.05) is 6.04 Å². The van der Waals surface area contributed by atoms with Gasteiger partial charge in [0.05, 0.1) is 19.3 Å². The van der Waals surface area contributed by atoms with E-state index in [1.807, 2.05) is 18.5 Å². The number of nitrogens with zero attached hydrogens (tertiary/aromatic N) is 3. The lowest BCUT2D eigenvalue weighted by molar-refractivity contribution is 0.388. The lowest BCUT2D eigenvalue weighted by atomic mass is 10.2. The molecular weight excluding hydrogens is 247 g/mol. The zero-order chi connectivity index (χ0) is 13.8. The molecule has 0 aliphatic rings. The number of hydrogen-bond donors (Lipinski definition) is 1. The highest BCUT2D eigenvalue weighted by molar-refractivity contribution is 5.56. The Kier molecular flexibility index (Phi) is 3.99. The number of anilines is 1. The summed E-state index contributed by atoms with van der Waals surface area (Å²) in [4.78, 5) is 4.19. The summed E-state index contributed by atoms with van der Waals surface area (Å²) >= 11 is 0. The molecule has 0 saturated heterocycles. The van der Waals surface area contributed by atoms with Gasteiger partial charge in [-0.05, 0) is 26.0 Å². The Morgan fingerprint density at radius 3 is 2.89 bits per heavy atom. The van der Waals surface area contributed by atoms with Crippen molar-refractivity contribution < 1.29 is 9.13 Å². The van der Waals surface area contributed by atoms with Crippen LogP contribution < -0.4 is 10.1 Å². The highest BCUT2D eigenvalue weighted by Crippen LogP contribution is 2.27. The first-order valence-corrected chi connectivity index (χ1v) is 6.08. The smallest absolute Gasteiger partial charge is 0.177 e. The number of para-hydroxylation sites is 1. The summed E-state index contributed by atoms with van der Waals surface area (Å²) in [6, 6.07) is 4.99. The molecule has 0 aliphatic carbocycles. The summed E-state index contributed by atoms with van der Waals surface area (Å²) in [5, 5.41) is 7.26. The summed E-state index contributed by atoms with van der Waals surface area (Å²) < 4.78 is 20.4. The second-order valence-corrected chi connectivity index (χ2v) is 4.39. The van der Waals surface area contributed by atoms with Gasteiger partial charge in [0.1, 0.15) is 12.2 Å². The van der Waals surface area contributed by atoms with Gasteiger partial charge in [-0.3, -0.25) is 0 Å². The molecule has 0 spiro atoms. The molecule has 6 heteroatoms. The van der Waals surface area contributed by atoms with Crippen molar-refractivity contribution in [2.24, 2.45) is 0 Å². The standard InChI is InChI=1S/C13H17FN4O/c1-9(2)18-12(16-8-17-18)7-15-11-6-4-5-10(14)13(11)19-3/h4-6,8-9,15H,7H2,1-3H3. The van der Waals surface area contributed by atoms with Crippen molar-refractivity contribution in [3.8, 4) is 5.75 Å². The number of aromatic nitrogens is 3. The maximum atomic E-state index is 13.5. The van der Waals surface area contributed by atoms with E-state index >= 15 is 0 Å². The van der Waals surface area contributed by atoms with Crippen LogP contribution in [-0.4, -0.2) is 21.9 Å². The third-order valence-corrected chi connectivity index (χ3v) is 2.74. The minimum atomic E-state index is -0.391. The predicted molar refractivity (Wildman–Crippen MR) is 70.7 cm³/mol. The lowest BCUT2D eigenvalue weighted by Crippen LogP contribution is -2.12. The molecule has 1 heterocycles. The monoisotopic (exact) mass is 264 g/mol. The van der Waals surface area contributed by atoms with Gasteiger partial charge in [0.25, 0.3) is 0 Å². The van der Waals surface area contributed by atoms with Crippen molar-refractivity contribution in [3.05, 3.63) is 36.2 Å². The van der Waals surface area contributed by atoms with Gasteiger partial charge < -0.3 is 10.1 Å². The van der Waals surface area contributed by atoms with Crippen LogP contribution in [0.15, 0.2) is 24.5 Å². The number of methoxy groups -OCH3 is 1. The van der Waals surface area contributed by atoms with Crippen LogP contribution in [0.2, 0.25) is 0 Å². The first kappa shape index (κ1) is 13.3. The molecule has 0 fully saturated rings. The minimum absolute atomic E-state index is 0.207. The Hall–Kier alpha value is -2.11. The Labute approximate surface area is 111 Å². The van der Waals surface area contributed by atoms with Crippen LogP contribution >= 0.6 is 0 Å². The first-order chi connectivity index (χ1) is 9.13. The fourth-order valence-corrected chi connectivity index (χ4v) is 1.86. The van der Waals surface area contributed by atoms with Gasteiger partial charge in [0.2, 0.25) is 0 Å². The van der Waals surface area contributed by atoms with Crippen LogP contribution in [-0.2, 0) is 6.54 Å². The van der Waals surface area contributed by atoms with Crippen molar-refractivity contribution in [2.45, 2.75) is 26.4 Å². The van der Waals surface area contributed by atoms with E-state index in [0.717, 1.165) is 5.82 Å². The number of ether oxygens (including phenoxy) is 1. The van der Waals surface area contributed by atoms with E-state index in [2.05, 4.69) is 15.4 Å². The summed E-state index contributed by atoms with van der Waals surface area (Å²) in [5.74, 6) is 0.609. The number of benzene rings is 1. The molecule has 1 N–H and O–H groups in total. The molecule has 2 rings (SSSR count). The van der Waals surface area contributed by atoms with Crippen molar-refractivity contribution in [1.29, 1.82) is 0 Å². The van der Waals surface area contributed by atoms with Crippen LogP contribution in [0.3, 0.4) is 0 Å². The maximum Gasteiger partial charge on any atom is 0.177 e. The third kappa shape index (κ3) is 2.83. The number of nitrogens with one attached hydrogen (secondary N) is 1. The van der Waals surface area contributed by atoms with E-state index in [1.165, 1.54) is 19.5 Å². The van der Waals surface area contributed by atoms with Crippen molar-refractivity contribution in [3.63, 3.8) is 0 Å². The van der Waals surface area contributed by atoms with Gasteiger partial charge in [-0.25, -0.2) is 14.1 Å². The Bertz CT molecular complexity index is 553. The van der Waals surface area contributed by atoms with Crippen LogP contribution in [0, 0.1) is 5.82 Å². The van der Waals surface area contributed by atoms with Crippen LogP contribution in [0.5, 0.6) is 5.75 Å². The summed E-state index contributed by atoms with van der Waals surface area (Å²) in [7, 11) is 1.44. The number of rotatable bonds is 5. The Balaban J connectivity index is 2.15. The van der Waals surface area contributed by atoms with Crippen molar-refractivity contribution >= 4 is 5.69 Å². The molecule has 0 atom stereocenters. The highest BCUT2D eigenvalue weighted by atomic mass is 19.1. The fraction of sp³-hybridized carbons (Fsp3) is 0.385.